The van der Waals surface area contributed by atoms with E-state index in [1.807, 2.05) is 0 Å². The maximum absolute atomic E-state index is 13.1. The second kappa shape index (κ2) is 6.59. The maximum atomic E-state index is 13.1. The number of cyclic esters (lactones) is 2. The van der Waals surface area contributed by atoms with Crippen LogP contribution in [0.5, 0.6) is 0 Å². The molecule has 0 radical (unpaired) electrons. The standard InChI is InChI=1S/C16H21BO7S/c1-17-23-13-5-3-9(7-12(13)16(20)24-17)25(21)8-2-4-10-11(6-8)15(19)22-14(10)18/h8-13H,2-7H2,1H3. The van der Waals surface area contributed by atoms with Crippen molar-refractivity contribution in [3.63, 3.8) is 0 Å². The first-order valence-electron chi connectivity index (χ1n) is 8.95. The van der Waals surface area contributed by atoms with Gasteiger partial charge >= 0.3 is 19.1 Å². The molecule has 25 heavy (non-hydrogen) atoms. The first-order chi connectivity index (χ1) is 11.9. The summed E-state index contributed by atoms with van der Waals surface area (Å²) in [6, 6.07) is 0. The topological polar surface area (TPSA) is 102 Å². The minimum absolute atomic E-state index is 0.0968. The Hall–Kier alpha value is -1.06. The molecule has 2 heterocycles. The lowest BCUT2D eigenvalue weighted by Gasteiger charge is -2.41. The summed E-state index contributed by atoms with van der Waals surface area (Å²) in [5.74, 6) is -2.34. The Balaban J connectivity index is 1.40. The Morgan fingerprint density at radius 2 is 1.56 bits per heavy atom. The SMILES string of the molecule is CB1OC(=O)C2CC([S+]([O-])C3CCC4C(=O)OC(=O)C4C3)CCC2O1. The van der Waals surface area contributed by atoms with Crippen LogP contribution in [0.2, 0.25) is 6.82 Å². The molecular formula is C16H21BO7S. The zero-order chi connectivity index (χ0) is 17.7. The minimum atomic E-state index is -1.15. The predicted octanol–water partition coefficient (Wildman–Crippen LogP) is 0.832. The van der Waals surface area contributed by atoms with E-state index in [0.29, 0.717) is 32.1 Å². The minimum Gasteiger partial charge on any atom is -0.616 e. The molecule has 0 aromatic heterocycles. The highest BCUT2D eigenvalue weighted by Crippen LogP contribution is 2.42. The van der Waals surface area contributed by atoms with E-state index in [9.17, 15) is 18.9 Å². The quantitative estimate of drug-likeness (QED) is 0.308. The van der Waals surface area contributed by atoms with E-state index in [1.165, 1.54) is 0 Å². The zero-order valence-corrected chi connectivity index (χ0v) is 14.9. The second-order valence-electron chi connectivity index (χ2n) is 7.44. The summed E-state index contributed by atoms with van der Waals surface area (Å²) in [7, 11) is -0.517. The van der Waals surface area contributed by atoms with E-state index in [4.69, 9.17) is 14.0 Å². The van der Waals surface area contributed by atoms with E-state index < -0.39 is 36.2 Å². The second-order valence-corrected chi connectivity index (χ2v) is 9.43. The Labute approximate surface area is 149 Å². The molecule has 2 saturated heterocycles. The van der Waals surface area contributed by atoms with Gasteiger partial charge in [0.15, 0.2) is 0 Å². The van der Waals surface area contributed by atoms with Gasteiger partial charge in [-0.2, -0.15) is 0 Å². The molecular weight excluding hydrogens is 347 g/mol. The first-order valence-corrected chi connectivity index (χ1v) is 10.2. The number of carbonyl (C=O) groups is 3. The van der Waals surface area contributed by atoms with E-state index in [2.05, 4.69) is 0 Å². The summed E-state index contributed by atoms with van der Waals surface area (Å²) in [5.41, 5.74) is 0. The molecule has 0 bridgehead atoms. The number of hydrogen-bond donors (Lipinski definition) is 0. The van der Waals surface area contributed by atoms with E-state index in [-0.39, 0.29) is 34.4 Å². The molecule has 0 aromatic rings. The lowest BCUT2D eigenvalue weighted by Crippen LogP contribution is -2.51. The van der Waals surface area contributed by atoms with Gasteiger partial charge in [0.1, 0.15) is 10.5 Å². The van der Waals surface area contributed by atoms with E-state index >= 15 is 0 Å². The fourth-order valence-electron chi connectivity index (χ4n) is 4.66. The van der Waals surface area contributed by atoms with E-state index in [1.54, 1.807) is 6.82 Å². The van der Waals surface area contributed by atoms with Gasteiger partial charge in [0.05, 0.1) is 23.9 Å². The third-order valence-corrected chi connectivity index (χ3v) is 8.13. The molecule has 4 rings (SSSR count). The van der Waals surface area contributed by atoms with Gasteiger partial charge in [-0.3, -0.25) is 14.4 Å². The molecule has 0 spiro atoms. The van der Waals surface area contributed by atoms with Gasteiger partial charge in [0.2, 0.25) is 0 Å². The molecule has 7 unspecified atom stereocenters. The lowest BCUT2D eigenvalue weighted by molar-refractivity contribution is -0.154. The monoisotopic (exact) mass is 368 g/mol. The van der Waals surface area contributed by atoms with Crippen LogP contribution in [-0.2, 0) is 39.6 Å². The van der Waals surface area contributed by atoms with Gasteiger partial charge in [-0.1, -0.05) is 0 Å². The van der Waals surface area contributed by atoms with Crippen molar-refractivity contribution >= 4 is 36.2 Å². The normalized spacial score (nSPS) is 42.3. The summed E-state index contributed by atoms with van der Waals surface area (Å²) >= 11 is -1.15. The van der Waals surface area contributed by atoms with Crippen molar-refractivity contribution < 1.29 is 33.0 Å². The Morgan fingerprint density at radius 1 is 0.920 bits per heavy atom. The average Bonchev–Trinajstić information content (AvgIpc) is 2.88. The summed E-state index contributed by atoms with van der Waals surface area (Å²) in [5, 5.41) is -0.221. The molecule has 4 aliphatic rings. The van der Waals surface area contributed by atoms with Crippen LogP contribution in [0, 0.1) is 17.8 Å². The van der Waals surface area contributed by atoms with Crippen molar-refractivity contribution in [1.82, 2.24) is 0 Å². The molecule has 4 fully saturated rings. The maximum Gasteiger partial charge on any atom is 0.524 e. The molecule has 2 saturated carbocycles. The van der Waals surface area contributed by atoms with Crippen LogP contribution in [0.1, 0.15) is 38.5 Å². The molecule has 0 aromatic carbocycles. The largest absolute Gasteiger partial charge is 0.616 e. The first kappa shape index (κ1) is 17.4. The summed E-state index contributed by atoms with van der Waals surface area (Å²) in [4.78, 5) is 35.6. The van der Waals surface area contributed by atoms with Crippen molar-refractivity contribution in [1.29, 1.82) is 0 Å². The Kier molecular flexibility index (Phi) is 4.58. The van der Waals surface area contributed by atoms with Crippen LogP contribution in [0.3, 0.4) is 0 Å². The van der Waals surface area contributed by atoms with Gasteiger partial charge in [-0.25, -0.2) is 0 Å². The van der Waals surface area contributed by atoms with Crippen LogP contribution in [0.4, 0.5) is 0 Å². The molecule has 2 aliphatic carbocycles. The van der Waals surface area contributed by atoms with Gasteiger partial charge in [0, 0.05) is 12.8 Å². The number of rotatable bonds is 2. The molecule has 0 N–H and O–H groups in total. The molecule has 7 nitrogen and oxygen atoms in total. The fourth-order valence-corrected chi connectivity index (χ4v) is 6.73. The highest BCUT2D eigenvalue weighted by atomic mass is 32.2. The predicted molar refractivity (Wildman–Crippen MR) is 87.6 cm³/mol. The summed E-state index contributed by atoms with van der Waals surface area (Å²) < 4.78 is 28.6. The van der Waals surface area contributed by atoms with Crippen LogP contribution < -0.4 is 0 Å². The van der Waals surface area contributed by atoms with Crippen LogP contribution in [0.25, 0.3) is 0 Å². The lowest BCUT2D eigenvalue weighted by atomic mass is 9.80. The van der Waals surface area contributed by atoms with Crippen molar-refractivity contribution in [3.05, 3.63) is 0 Å². The number of ether oxygens (including phenoxy) is 1. The molecule has 2 aliphatic heterocycles. The van der Waals surface area contributed by atoms with Crippen LogP contribution in [0.15, 0.2) is 0 Å². The number of fused-ring (bicyclic) bond motifs is 2. The Bertz CT molecular complexity index is 599. The van der Waals surface area contributed by atoms with Crippen molar-refractivity contribution in [3.8, 4) is 0 Å². The van der Waals surface area contributed by atoms with Crippen LogP contribution in [-0.4, -0.2) is 46.2 Å². The number of hydrogen-bond acceptors (Lipinski definition) is 7. The summed E-state index contributed by atoms with van der Waals surface area (Å²) in [6.07, 6.45) is 3.41. The highest BCUT2D eigenvalue weighted by molar-refractivity contribution is 7.92. The third kappa shape index (κ3) is 3.10. The van der Waals surface area contributed by atoms with Crippen molar-refractivity contribution in [2.45, 2.75) is 62.0 Å². The van der Waals surface area contributed by atoms with Gasteiger partial charge in [-0.15, -0.1) is 0 Å². The van der Waals surface area contributed by atoms with Crippen molar-refractivity contribution in [2.24, 2.45) is 17.8 Å². The summed E-state index contributed by atoms with van der Waals surface area (Å²) in [6.45, 7) is 1.71. The Morgan fingerprint density at radius 3 is 2.32 bits per heavy atom. The van der Waals surface area contributed by atoms with E-state index in [0.717, 1.165) is 6.42 Å². The third-order valence-electron chi connectivity index (χ3n) is 5.96. The number of carbonyl (C=O) groups excluding carboxylic acids is 3. The molecule has 136 valence electrons. The zero-order valence-electron chi connectivity index (χ0n) is 14.1. The molecule has 0 amide bonds. The average molecular weight is 368 g/mol. The van der Waals surface area contributed by atoms with Crippen molar-refractivity contribution in [2.75, 3.05) is 0 Å². The van der Waals surface area contributed by atoms with Gasteiger partial charge < -0.3 is 18.6 Å². The van der Waals surface area contributed by atoms with Crippen LogP contribution >= 0.6 is 0 Å². The molecule has 9 heteroatoms. The highest BCUT2D eigenvalue weighted by Gasteiger charge is 2.52. The fraction of sp³-hybridized carbons (Fsp3) is 0.812. The number of esters is 2. The smallest absolute Gasteiger partial charge is 0.524 e. The van der Waals surface area contributed by atoms with Gasteiger partial charge in [0.25, 0.3) is 5.97 Å². The van der Waals surface area contributed by atoms with Gasteiger partial charge in [-0.05, 0) is 43.7 Å². The molecule has 7 atom stereocenters.